The van der Waals surface area contributed by atoms with Crippen LogP contribution in [0.25, 0.3) is 105 Å². The minimum atomic E-state index is -0.511. The SMILES string of the molecule is c1ccc(-c2ccc(-c3ccc(N(c4ccc5cc(-c6ccc7c(c6)C6(c8ccccc8-7)c7ccccc7-n7c8ccccc8c8cccc6c87)ccc5c4)c4ccccc4-c4ccc(-c5ccccc5)cc4)cc3)cc2)cc1. The fourth-order valence-corrected chi connectivity index (χ4v) is 13.4. The third kappa shape index (κ3) is 6.98. The predicted molar refractivity (Wildman–Crippen MR) is 331 cm³/mol. The first-order valence-corrected chi connectivity index (χ1v) is 27.4. The summed E-state index contributed by atoms with van der Waals surface area (Å²) in [6.45, 7) is 0. The van der Waals surface area contributed by atoms with E-state index in [0.717, 1.165) is 28.2 Å². The zero-order valence-corrected chi connectivity index (χ0v) is 43.3. The van der Waals surface area contributed by atoms with Crippen LogP contribution in [0, 0.1) is 0 Å². The molecule has 0 bridgehead atoms. The van der Waals surface area contributed by atoms with Gasteiger partial charge in [0.2, 0.25) is 0 Å². The standard InChI is InChI=1S/C77H50N2/c1-3-16-51(17-4-1)53-30-32-55(33-31-53)56-40-44-62(45-41-56)78(73-27-12-8-20-64(73)57-36-34-54(35-37-57)52-18-5-2-6-19-52)63-46-42-59-48-58(38-39-60(59)49-63)61-43-47-66-65-21-7-10-24-69(65)77(72(66)50-61)70-25-11-14-29-75(70)79-74-28-13-9-22-67(74)68-23-15-26-71(77)76(68)79/h1-50H. The van der Waals surface area contributed by atoms with Gasteiger partial charge in [-0.1, -0.05) is 249 Å². The van der Waals surface area contributed by atoms with E-state index in [2.05, 4.69) is 313 Å². The fraction of sp³-hybridized carbons (Fsp3) is 0.0130. The lowest BCUT2D eigenvalue weighted by Gasteiger charge is -2.39. The van der Waals surface area contributed by atoms with Crippen molar-refractivity contribution in [2.24, 2.45) is 0 Å². The Morgan fingerprint density at radius 3 is 1.48 bits per heavy atom. The van der Waals surface area contributed by atoms with Crippen molar-refractivity contribution in [1.82, 2.24) is 4.57 Å². The molecule has 14 aromatic rings. The molecule has 1 spiro atoms. The average molecular weight is 1000 g/mol. The molecule has 0 amide bonds. The molecule has 1 aliphatic carbocycles. The Kier molecular flexibility index (Phi) is 10.2. The highest BCUT2D eigenvalue weighted by atomic mass is 15.1. The molecule has 2 heteroatoms. The zero-order chi connectivity index (χ0) is 52.0. The van der Waals surface area contributed by atoms with Gasteiger partial charge in [-0.15, -0.1) is 0 Å². The summed E-state index contributed by atoms with van der Waals surface area (Å²) >= 11 is 0. The molecule has 2 heterocycles. The number of anilines is 3. The Hall–Kier alpha value is -10.3. The highest BCUT2D eigenvalue weighted by Crippen LogP contribution is 2.61. The highest BCUT2D eigenvalue weighted by molar-refractivity contribution is 6.13. The maximum Gasteiger partial charge on any atom is 0.0754 e. The first-order valence-electron chi connectivity index (χ1n) is 27.4. The van der Waals surface area contributed by atoms with Gasteiger partial charge in [0.05, 0.1) is 27.8 Å². The number of benzene rings is 13. The molecular weight excluding hydrogens is 953 g/mol. The molecule has 0 radical (unpaired) electrons. The number of nitrogens with zero attached hydrogens (tertiary/aromatic N) is 2. The van der Waals surface area contributed by atoms with Crippen molar-refractivity contribution in [2.75, 3.05) is 4.90 Å². The van der Waals surface area contributed by atoms with Crippen LogP contribution in [0.3, 0.4) is 0 Å². The van der Waals surface area contributed by atoms with E-state index in [1.807, 2.05) is 0 Å². The second-order valence-electron chi connectivity index (χ2n) is 21.2. The van der Waals surface area contributed by atoms with Crippen LogP contribution in [-0.4, -0.2) is 4.57 Å². The number of fused-ring (bicyclic) bond motifs is 13. The Balaban J connectivity index is 0.809. The number of para-hydroxylation sites is 4. The molecule has 13 aromatic carbocycles. The van der Waals surface area contributed by atoms with Crippen LogP contribution in [-0.2, 0) is 5.41 Å². The molecule has 79 heavy (non-hydrogen) atoms. The van der Waals surface area contributed by atoms with E-state index >= 15 is 0 Å². The molecule has 1 atom stereocenters. The van der Waals surface area contributed by atoms with Gasteiger partial charge in [0.1, 0.15) is 0 Å². The van der Waals surface area contributed by atoms with Crippen molar-refractivity contribution in [3.8, 4) is 72.4 Å². The van der Waals surface area contributed by atoms with Crippen LogP contribution >= 0.6 is 0 Å². The summed E-state index contributed by atoms with van der Waals surface area (Å²) in [6, 6.07) is 112. The van der Waals surface area contributed by atoms with E-state index in [-0.39, 0.29) is 0 Å². The molecular formula is C77H50N2. The molecule has 0 fully saturated rings. The van der Waals surface area contributed by atoms with E-state index in [9.17, 15) is 0 Å². The monoisotopic (exact) mass is 1000 g/mol. The summed E-state index contributed by atoms with van der Waals surface area (Å²) in [5, 5.41) is 4.94. The smallest absolute Gasteiger partial charge is 0.0754 e. The van der Waals surface area contributed by atoms with Crippen molar-refractivity contribution in [2.45, 2.75) is 5.41 Å². The van der Waals surface area contributed by atoms with Crippen molar-refractivity contribution in [3.05, 3.63) is 326 Å². The summed E-state index contributed by atoms with van der Waals surface area (Å²) in [5.41, 5.74) is 26.4. The third-order valence-corrected chi connectivity index (χ3v) is 17.0. The minimum absolute atomic E-state index is 0.511. The van der Waals surface area contributed by atoms with Gasteiger partial charge in [-0.05, 0) is 149 Å². The largest absolute Gasteiger partial charge is 0.310 e. The minimum Gasteiger partial charge on any atom is -0.310 e. The predicted octanol–water partition coefficient (Wildman–Crippen LogP) is 20.4. The van der Waals surface area contributed by atoms with Gasteiger partial charge in [0.25, 0.3) is 0 Å². The summed E-state index contributed by atoms with van der Waals surface area (Å²) in [7, 11) is 0. The Bertz CT molecular complexity index is 4690. The normalized spacial score (nSPS) is 13.9. The summed E-state index contributed by atoms with van der Waals surface area (Å²) in [4.78, 5) is 2.43. The van der Waals surface area contributed by atoms with E-state index in [4.69, 9.17) is 0 Å². The van der Waals surface area contributed by atoms with Crippen LogP contribution in [0.5, 0.6) is 0 Å². The van der Waals surface area contributed by atoms with Crippen LogP contribution < -0.4 is 4.90 Å². The van der Waals surface area contributed by atoms with Crippen molar-refractivity contribution < 1.29 is 0 Å². The number of aromatic nitrogens is 1. The van der Waals surface area contributed by atoms with Gasteiger partial charge < -0.3 is 9.47 Å². The highest BCUT2D eigenvalue weighted by Gasteiger charge is 2.50. The Morgan fingerprint density at radius 2 is 0.747 bits per heavy atom. The summed E-state index contributed by atoms with van der Waals surface area (Å²) in [5.74, 6) is 0. The molecule has 0 saturated carbocycles. The van der Waals surface area contributed by atoms with Gasteiger partial charge in [-0.2, -0.15) is 0 Å². The van der Waals surface area contributed by atoms with E-state index in [0.29, 0.717) is 0 Å². The first kappa shape index (κ1) is 45.0. The molecule has 16 rings (SSSR count). The molecule has 1 unspecified atom stereocenters. The Labute approximate surface area is 460 Å². The average Bonchev–Trinajstić information content (AvgIpc) is 2.52. The summed E-state index contributed by atoms with van der Waals surface area (Å²) < 4.78 is 2.52. The Morgan fingerprint density at radius 1 is 0.266 bits per heavy atom. The van der Waals surface area contributed by atoms with Crippen LogP contribution in [0.2, 0.25) is 0 Å². The second-order valence-corrected chi connectivity index (χ2v) is 21.2. The van der Waals surface area contributed by atoms with Gasteiger partial charge in [0, 0.05) is 27.7 Å². The lowest BCUT2D eigenvalue weighted by Crippen LogP contribution is -2.33. The quantitative estimate of drug-likeness (QED) is 0.147. The van der Waals surface area contributed by atoms with Crippen molar-refractivity contribution >= 4 is 49.6 Å². The molecule has 0 saturated heterocycles. The number of hydrogen-bond donors (Lipinski definition) is 0. The molecule has 1 aromatic heterocycles. The first-order chi connectivity index (χ1) is 39.2. The van der Waals surface area contributed by atoms with Crippen LogP contribution in [0.1, 0.15) is 22.3 Å². The van der Waals surface area contributed by atoms with Crippen LogP contribution in [0.4, 0.5) is 17.1 Å². The van der Waals surface area contributed by atoms with E-state index < -0.39 is 5.41 Å². The van der Waals surface area contributed by atoms with Gasteiger partial charge in [-0.25, -0.2) is 0 Å². The van der Waals surface area contributed by atoms with Gasteiger partial charge >= 0.3 is 0 Å². The lowest BCUT2D eigenvalue weighted by molar-refractivity contribution is 0.749. The lowest BCUT2D eigenvalue weighted by atomic mass is 9.65. The second kappa shape index (κ2) is 17.9. The summed E-state index contributed by atoms with van der Waals surface area (Å²) in [6.07, 6.45) is 0. The fourth-order valence-electron chi connectivity index (χ4n) is 13.4. The molecule has 368 valence electrons. The maximum absolute atomic E-state index is 2.52. The topological polar surface area (TPSA) is 8.17 Å². The number of rotatable bonds is 8. The van der Waals surface area contributed by atoms with Crippen molar-refractivity contribution in [1.29, 1.82) is 0 Å². The molecule has 0 N–H and O–H groups in total. The zero-order valence-electron chi connectivity index (χ0n) is 43.3. The van der Waals surface area contributed by atoms with Gasteiger partial charge in [-0.3, -0.25) is 0 Å². The van der Waals surface area contributed by atoms with E-state index in [1.165, 1.54) is 116 Å². The number of hydrogen-bond acceptors (Lipinski definition) is 1. The van der Waals surface area contributed by atoms with Crippen LogP contribution in [0.15, 0.2) is 303 Å². The maximum atomic E-state index is 2.52. The molecule has 1 aliphatic heterocycles. The van der Waals surface area contributed by atoms with Crippen molar-refractivity contribution in [3.63, 3.8) is 0 Å². The molecule has 2 aliphatic rings. The van der Waals surface area contributed by atoms with E-state index in [1.54, 1.807) is 0 Å². The third-order valence-electron chi connectivity index (χ3n) is 17.0. The molecule has 2 nitrogen and oxygen atoms in total. The van der Waals surface area contributed by atoms with Gasteiger partial charge in [0.15, 0.2) is 0 Å².